The van der Waals surface area contributed by atoms with E-state index in [1.807, 2.05) is 12.1 Å². The molecule has 5 rings (SSSR count). The van der Waals surface area contributed by atoms with Gasteiger partial charge >= 0.3 is 0 Å². The third-order valence-corrected chi connectivity index (χ3v) is 9.17. The summed E-state index contributed by atoms with van der Waals surface area (Å²) in [5.41, 5.74) is 1.40. The summed E-state index contributed by atoms with van der Waals surface area (Å²) in [7, 11) is 0. The predicted octanol–water partition coefficient (Wildman–Crippen LogP) is 4.58. The molecule has 3 heterocycles. The molecule has 31 heavy (non-hydrogen) atoms. The third-order valence-electron chi connectivity index (χ3n) is 9.17. The lowest BCUT2D eigenvalue weighted by molar-refractivity contribution is 0.0329. The van der Waals surface area contributed by atoms with Gasteiger partial charge in [-0.3, -0.25) is 9.69 Å². The van der Waals surface area contributed by atoms with Crippen molar-refractivity contribution < 1.29 is 9.90 Å². The van der Waals surface area contributed by atoms with Gasteiger partial charge < -0.3 is 10.4 Å². The largest absolute Gasteiger partial charge is 0.374 e. The van der Waals surface area contributed by atoms with Gasteiger partial charge in [-0.25, -0.2) is 0 Å². The molecule has 3 saturated heterocycles. The van der Waals surface area contributed by atoms with E-state index in [0.717, 1.165) is 42.6 Å². The number of aldehydes is 1. The first-order chi connectivity index (χ1) is 14.9. The minimum atomic E-state index is -0.595. The number of carbonyl (C=O) groups is 1. The zero-order valence-corrected chi connectivity index (χ0v) is 19.5. The van der Waals surface area contributed by atoms with Crippen LogP contribution in [0.15, 0.2) is 24.3 Å². The Morgan fingerprint density at radius 3 is 2.61 bits per heavy atom. The van der Waals surface area contributed by atoms with E-state index < -0.39 is 5.72 Å². The number of hydrogen-bond donors (Lipinski definition) is 2. The molecule has 0 radical (unpaired) electrons. The maximum Gasteiger partial charge on any atom is 0.150 e. The lowest BCUT2D eigenvalue weighted by Gasteiger charge is -2.38. The molecule has 0 spiro atoms. The number of piperidine rings is 2. The predicted molar refractivity (Wildman–Crippen MR) is 124 cm³/mol. The number of nitrogens with zero attached hydrogens (tertiary/aromatic N) is 1. The maximum atomic E-state index is 11.4. The van der Waals surface area contributed by atoms with Crippen molar-refractivity contribution in [3.63, 3.8) is 0 Å². The smallest absolute Gasteiger partial charge is 0.150 e. The van der Waals surface area contributed by atoms with Crippen LogP contribution in [0.25, 0.3) is 0 Å². The standard InChI is InChI=1S/C27H40N2O2/c1-17(2)4-5-20-12-22-10-11-24(28-25(22)13-20)23-14-26(29-16-27(23,29)31)18(3)21-8-6-19(15-30)7-9-21/h6-9,15,17-18,20,22-26,28,31H,4-5,10-14,16H2,1-3H3. The molecule has 0 amide bonds. The van der Waals surface area contributed by atoms with E-state index in [4.69, 9.17) is 0 Å². The fourth-order valence-corrected chi connectivity index (χ4v) is 7.22. The molecular weight excluding hydrogens is 384 g/mol. The monoisotopic (exact) mass is 424 g/mol. The molecule has 1 aliphatic carbocycles. The number of aliphatic hydroxyl groups is 1. The van der Waals surface area contributed by atoms with Gasteiger partial charge in [0.15, 0.2) is 0 Å². The first kappa shape index (κ1) is 21.6. The Kier molecular flexibility index (Phi) is 5.77. The van der Waals surface area contributed by atoms with Gasteiger partial charge in [-0.15, -0.1) is 0 Å². The molecule has 1 aromatic carbocycles. The summed E-state index contributed by atoms with van der Waals surface area (Å²) in [6.07, 6.45) is 10.0. The summed E-state index contributed by atoms with van der Waals surface area (Å²) in [6, 6.07) is 9.51. The van der Waals surface area contributed by atoms with Gasteiger partial charge in [0.1, 0.15) is 12.0 Å². The van der Waals surface area contributed by atoms with Crippen LogP contribution in [0, 0.1) is 23.7 Å². The topological polar surface area (TPSA) is 52.3 Å². The lowest BCUT2D eigenvalue weighted by Crippen LogP contribution is -2.51. The molecule has 0 aromatic heterocycles. The van der Waals surface area contributed by atoms with Gasteiger partial charge in [0.25, 0.3) is 0 Å². The zero-order valence-electron chi connectivity index (χ0n) is 19.5. The van der Waals surface area contributed by atoms with Gasteiger partial charge in [0.05, 0.1) is 0 Å². The first-order valence-electron chi connectivity index (χ1n) is 12.7. The van der Waals surface area contributed by atoms with Crippen molar-refractivity contribution in [2.45, 2.75) is 95.5 Å². The van der Waals surface area contributed by atoms with Crippen LogP contribution in [0.5, 0.6) is 0 Å². The molecule has 4 heteroatoms. The molecular formula is C27H40N2O2. The minimum absolute atomic E-state index is 0.338. The van der Waals surface area contributed by atoms with Crippen LogP contribution in [-0.2, 0) is 0 Å². The summed E-state index contributed by atoms with van der Waals surface area (Å²) in [5, 5.41) is 15.5. The Bertz CT molecular complexity index is 793. The Morgan fingerprint density at radius 2 is 1.90 bits per heavy atom. The molecule has 3 aliphatic heterocycles. The van der Waals surface area contributed by atoms with Crippen molar-refractivity contribution in [1.82, 2.24) is 10.2 Å². The number of hydrogen-bond acceptors (Lipinski definition) is 4. The van der Waals surface area contributed by atoms with Crippen molar-refractivity contribution >= 4 is 6.29 Å². The highest BCUT2D eigenvalue weighted by atomic mass is 16.3. The van der Waals surface area contributed by atoms with E-state index >= 15 is 0 Å². The van der Waals surface area contributed by atoms with Crippen LogP contribution in [0.1, 0.15) is 87.6 Å². The zero-order chi connectivity index (χ0) is 21.8. The van der Waals surface area contributed by atoms with Crippen molar-refractivity contribution in [2.24, 2.45) is 23.7 Å². The molecule has 0 bridgehead atoms. The number of nitrogens with one attached hydrogen (secondary N) is 1. The van der Waals surface area contributed by atoms with Crippen LogP contribution in [0.3, 0.4) is 0 Å². The lowest BCUT2D eigenvalue weighted by atomic mass is 9.79. The van der Waals surface area contributed by atoms with Gasteiger partial charge in [-0.2, -0.15) is 0 Å². The van der Waals surface area contributed by atoms with E-state index in [9.17, 15) is 9.90 Å². The van der Waals surface area contributed by atoms with E-state index in [0.29, 0.717) is 30.0 Å². The molecule has 4 aliphatic rings. The molecule has 4 fully saturated rings. The van der Waals surface area contributed by atoms with Crippen LogP contribution in [0.4, 0.5) is 0 Å². The highest BCUT2D eigenvalue weighted by Gasteiger charge is 2.67. The summed E-state index contributed by atoms with van der Waals surface area (Å²) >= 11 is 0. The van der Waals surface area contributed by atoms with Crippen LogP contribution >= 0.6 is 0 Å². The summed E-state index contributed by atoms with van der Waals surface area (Å²) in [4.78, 5) is 13.3. The van der Waals surface area contributed by atoms with Gasteiger partial charge in [-0.05, 0) is 61.3 Å². The summed E-state index contributed by atoms with van der Waals surface area (Å²) in [6.45, 7) is 7.78. The van der Waals surface area contributed by atoms with Crippen molar-refractivity contribution in [1.29, 1.82) is 0 Å². The molecule has 2 N–H and O–H groups in total. The van der Waals surface area contributed by atoms with Crippen LogP contribution in [0.2, 0.25) is 0 Å². The fourth-order valence-electron chi connectivity index (χ4n) is 7.22. The Balaban J connectivity index is 1.22. The van der Waals surface area contributed by atoms with Gasteiger partial charge in [0.2, 0.25) is 0 Å². The second-order valence-electron chi connectivity index (χ2n) is 11.5. The first-order valence-corrected chi connectivity index (χ1v) is 12.7. The minimum Gasteiger partial charge on any atom is -0.374 e. The maximum absolute atomic E-state index is 11.4. The van der Waals surface area contributed by atoms with Crippen molar-refractivity contribution in [3.05, 3.63) is 35.4 Å². The fraction of sp³-hybridized carbons (Fsp3) is 0.741. The second-order valence-corrected chi connectivity index (χ2v) is 11.5. The summed E-state index contributed by atoms with van der Waals surface area (Å²) in [5.74, 6) is 3.26. The van der Waals surface area contributed by atoms with E-state index in [1.54, 1.807) is 0 Å². The van der Waals surface area contributed by atoms with Gasteiger partial charge in [0, 0.05) is 36.2 Å². The number of carbonyl (C=O) groups excluding carboxylic acids is 1. The summed E-state index contributed by atoms with van der Waals surface area (Å²) < 4.78 is 0. The number of benzene rings is 1. The normalized spacial score (nSPS) is 42.3. The quantitative estimate of drug-likeness (QED) is 0.497. The highest BCUT2D eigenvalue weighted by molar-refractivity contribution is 5.74. The highest BCUT2D eigenvalue weighted by Crippen LogP contribution is 2.55. The Morgan fingerprint density at radius 1 is 1.13 bits per heavy atom. The Hall–Kier alpha value is -1.23. The second kappa shape index (κ2) is 8.28. The molecule has 170 valence electrons. The average Bonchev–Trinajstić information content (AvgIpc) is 3.15. The SMILES string of the molecule is CC(C)CCC1CC2CCC(C3CC(C(C)c4ccc(C=O)cc4)N4CC34O)NC2C1. The van der Waals surface area contributed by atoms with E-state index in [1.165, 1.54) is 44.1 Å². The van der Waals surface area contributed by atoms with E-state index in [-0.39, 0.29) is 0 Å². The number of rotatable bonds is 7. The molecule has 1 aromatic rings. The van der Waals surface area contributed by atoms with Crippen molar-refractivity contribution in [2.75, 3.05) is 6.54 Å². The van der Waals surface area contributed by atoms with Gasteiger partial charge in [-0.1, -0.05) is 57.9 Å². The van der Waals surface area contributed by atoms with Crippen LogP contribution in [-0.4, -0.2) is 46.7 Å². The number of fused-ring (bicyclic) bond motifs is 2. The average molecular weight is 425 g/mol. The van der Waals surface area contributed by atoms with Crippen LogP contribution < -0.4 is 5.32 Å². The van der Waals surface area contributed by atoms with Crippen molar-refractivity contribution in [3.8, 4) is 0 Å². The third kappa shape index (κ3) is 4.00. The molecule has 4 nitrogen and oxygen atoms in total. The molecule has 1 saturated carbocycles. The molecule has 9 unspecified atom stereocenters. The van der Waals surface area contributed by atoms with E-state index in [2.05, 4.69) is 43.1 Å². The molecule has 9 atom stereocenters. The Labute approximate surface area is 187 Å².